The molecule has 5 nitrogen and oxygen atoms in total. The maximum Gasteiger partial charge on any atom is 0.130 e. The average molecular weight is 276 g/mol. The number of anilines is 1. The fraction of sp³-hybridized carbons (Fsp3) is 0.400. The summed E-state index contributed by atoms with van der Waals surface area (Å²) in [4.78, 5) is 4.27. The van der Waals surface area contributed by atoms with Crippen LogP contribution >= 0.6 is 0 Å². The molecule has 1 aromatic carbocycles. The zero-order chi connectivity index (χ0) is 14.2. The lowest BCUT2D eigenvalue weighted by molar-refractivity contribution is 0.0810. The fourth-order valence-corrected chi connectivity index (χ4v) is 1.92. The third-order valence-electron chi connectivity index (χ3n) is 2.88. The number of methoxy groups -OCH3 is 1. The van der Waals surface area contributed by atoms with Gasteiger partial charge in [-0.25, -0.2) is 0 Å². The molecule has 0 aliphatic rings. The van der Waals surface area contributed by atoms with Crippen LogP contribution in [0.2, 0.25) is 0 Å². The van der Waals surface area contributed by atoms with Gasteiger partial charge < -0.3 is 19.9 Å². The summed E-state index contributed by atoms with van der Waals surface area (Å²) in [5, 5.41) is 0.923. The normalized spacial score (nSPS) is 10.8. The minimum Gasteiger partial charge on any atom is -0.490 e. The molecule has 0 amide bonds. The monoisotopic (exact) mass is 276 g/mol. The first-order valence-electron chi connectivity index (χ1n) is 6.65. The molecule has 20 heavy (non-hydrogen) atoms. The second-order valence-corrected chi connectivity index (χ2v) is 4.36. The highest BCUT2D eigenvalue weighted by Gasteiger charge is 2.04. The molecule has 5 heteroatoms. The predicted octanol–water partition coefficient (Wildman–Crippen LogP) is 2.25. The summed E-state index contributed by atoms with van der Waals surface area (Å²) in [5.74, 6) is 0.780. The number of hydrogen-bond donors (Lipinski definition) is 1. The molecule has 0 fully saturated rings. The number of para-hydroxylation sites is 1. The van der Waals surface area contributed by atoms with E-state index in [0.717, 1.165) is 29.7 Å². The van der Waals surface area contributed by atoms with Crippen LogP contribution < -0.4 is 10.5 Å². The molecule has 108 valence electrons. The van der Waals surface area contributed by atoms with E-state index < -0.39 is 0 Å². The van der Waals surface area contributed by atoms with Crippen LogP contribution in [0.3, 0.4) is 0 Å². The van der Waals surface area contributed by atoms with E-state index in [4.69, 9.17) is 19.9 Å². The number of rotatable bonds is 8. The lowest BCUT2D eigenvalue weighted by Crippen LogP contribution is -2.09. The summed E-state index contributed by atoms with van der Waals surface area (Å²) in [6, 6.07) is 7.52. The molecule has 2 N–H and O–H groups in total. The van der Waals surface area contributed by atoms with E-state index in [2.05, 4.69) is 4.98 Å². The number of pyridine rings is 1. The van der Waals surface area contributed by atoms with E-state index in [-0.39, 0.29) is 0 Å². The van der Waals surface area contributed by atoms with Crippen LogP contribution in [-0.2, 0) is 9.47 Å². The Bertz CT molecular complexity index is 546. The maximum absolute atomic E-state index is 5.89. The molecule has 0 saturated carbocycles. The smallest absolute Gasteiger partial charge is 0.130 e. The Balaban J connectivity index is 1.86. The molecule has 0 aliphatic carbocycles. The van der Waals surface area contributed by atoms with Gasteiger partial charge in [0, 0.05) is 31.9 Å². The topological polar surface area (TPSA) is 66.6 Å². The van der Waals surface area contributed by atoms with Crippen molar-refractivity contribution in [3.63, 3.8) is 0 Å². The summed E-state index contributed by atoms with van der Waals surface area (Å²) >= 11 is 0. The lowest BCUT2D eigenvalue weighted by atomic mass is 10.2. The van der Waals surface area contributed by atoms with Crippen molar-refractivity contribution >= 4 is 16.6 Å². The third-order valence-corrected chi connectivity index (χ3v) is 2.88. The second-order valence-electron chi connectivity index (χ2n) is 4.36. The number of fused-ring (bicyclic) bond motifs is 1. The van der Waals surface area contributed by atoms with Gasteiger partial charge in [-0.15, -0.1) is 0 Å². The van der Waals surface area contributed by atoms with Gasteiger partial charge in [-0.05, 0) is 24.6 Å². The molecular weight excluding hydrogens is 256 g/mol. The Labute approximate surface area is 118 Å². The van der Waals surface area contributed by atoms with Gasteiger partial charge in [0.05, 0.1) is 17.8 Å². The number of nitrogen functional groups attached to an aromatic ring is 1. The van der Waals surface area contributed by atoms with Crippen molar-refractivity contribution in [2.45, 2.75) is 6.42 Å². The van der Waals surface area contributed by atoms with E-state index in [1.54, 1.807) is 13.3 Å². The van der Waals surface area contributed by atoms with Crippen molar-refractivity contribution in [3.8, 4) is 5.75 Å². The van der Waals surface area contributed by atoms with Gasteiger partial charge in [-0.1, -0.05) is 6.07 Å². The zero-order valence-electron chi connectivity index (χ0n) is 11.7. The fourth-order valence-electron chi connectivity index (χ4n) is 1.92. The first kappa shape index (κ1) is 14.6. The van der Waals surface area contributed by atoms with Crippen molar-refractivity contribution in [1.82, 2.24) is 4.98 Å². The summed E-state index contributed by atoms with van der Waals surface area (Å²) in [6.45, 7) is 2.45. The molecule has 2 rings (SSSR count). The second kappa shape index (κ2) is 7.67. The molecular formula is C15H20N2O3. The van der Waals surface area contributed by atoms with Gasteiger partial charge in [0.1, 0.15) is 12.4 Å². The Morgan fingerprint density at radius 1 is 1.10 bits per heavy atom. The Kier molecular flexibility index (Phi) is 5.58. The van der Waals surface area contributed by atoms with Gasteiger partial charge in [0.15, 0.2) is 0 Å². The standard InChI is InChI=1S/C15H20N2O3/c1-18-8-3-9-19-10-11-20-14-6-7-17-15-12(14)4-2-5-13(15)16/h2,4-7H,3,8-11,16H2,1H3. The number of hydrogen-bond acceptors (Lipinski definition) is 5. The Morgan fingerprint density at radius 3 is 2.85 bits per heavy atom. The Morgan fingerprint density at radius 2 is 2.00 bits per heavy atom. The van der Waals surface area contributed by atoms with Crippen LogP contribution in [0.15, 0.2) is 30.5 Å². The van der Waals surface area contributed by atoms with Gasteiger partial charge in [0.25, 0.3) is 0 Å². The van der Waals surface area contributed by atoms with E-state index >= 15 is 0 Å². The molecule has 1 aromatic heterocycles. The molecule has 0 unspecified atom stereocenters. The van der Waals surface area contributed by atoms with Crippen LogP contribution in [-0.4, -0.2) is 38.5 Å². The van der Waals surface area contributed by atoms with Gasteiger partial charge in [0.2, 0.25) is 0 Å². The summed E-state index contributed by atoms with van der Waals surface area (Å²) in [7, 11) is 1.68. The summed E-state index contributed by atoms with van der Waals surface area (Å²) in [5.41, 5.74) is 7.32. The van der Waals surface area contributed by atoms with Crippen molar-refractivity contribution in [2.24, 2.45) is 0 Å². The number of nitrogens with two attached hydrogens (primary N) is 1. The molecule has 0 radical (unpaired) electrons. The van der Waals surface area contributed by atoms with Crippen molar-refractivity contribution < 1.29 is 14.2 Å². The highest BCUT2D eigenvalue weighted by molar-refractivity contribution is 5.93. The number of nitrogens with zero attached hydrogens (tertiary/aromatic N) is 1. The van der Waals surface area contributed by atoms with E-state index in [0.29, 0.717) is 25.5 Å². The van der Waals surface area contributed by atoms with E-state index in [1.807, 2.05) is 24.3 Å². The SMILES string of the molecule is COCCCOCCOc1ccnc2c(N)cccc12. The minimum atomic E-state index is 0.501. The number of ether oxygens (including phenoxy) is 3. The lowest BCUT2D eigenvalue weighted by Gasteiger charge is -2.10. The Hall–Kier alpha value is -1.85. The van der Waals surface area contributed by atoms with Crippen molar-refractivity contribution in [1.29, 1.82) is 0 Å². The maximum atomic E-state index is 5.89. The first-order valence-corrected chi connectivity index (χ1v) is 6.65. The highest BCUT2D eigenvalue weighted by Crippen LogP contribution is 2.27. The average Bonchev–Trinajstić information content (AvgIpc) is 2.47. The largest absolute Gasteiger partial charge is 0.490 e. The summed E-state index contributed by atoms with van der Waals surface area (Å²) < 4.78 is 16.1. The van der Waals surface area contributed by atoms with Crippen LogP contribution in [0, 0.1) is 0 Å². The summed E-state index contributed by atoms with van der Waals surface area (Å²) in [6.07, 6.45) is 2.60. The van der Waals surface area contributed by atoms with Gasteiger partial charge in [-0.3, -0.25) is 4.98 Å². The molecule has 0 atom stereocenters. The molecule has 0 aliphatic heterocycles. The van der Waals surface area contributed by atoms with Crippen LogP contribution in [0.4, 0.5) is 5.69 Å². The van der Waals surface area contributed by atoms with Crippen molar-refractivity contribution in [2.75, 3.05) is 39.3 Å². The zero-order valence-corrected chi connectivity index (χ0v) is 11.7. The number of aromatic nitrogens is 1. The van der Waals surface area contributed by atoms with Crippen LogP contribution in [0.25, 0.3) is 10.9 Å². The molecule has 1 heterocycles. The van der Waals surface area contributed by atoms with Crippen LogP contribution in [0.5, 0.6) is 5.75 Å². The third kappa shape index (κ3) is 3.82. The quantitative estimate of drug-likeness (QED) is 0.591. The first-order chi connectivity index (χ1) is 9.83. The van der Waals surface area contributed by atoms with Gasteiger partial charge >= 0.3 is 0 Å². The molecule has 0 spiro atoms. The van der Waals surface area contributed by atoms with Crippen molar-refractivity contribution in [3.05, 3.63) is 30.5 Å². The highest BCUT2D eigenvalue weighted by atomic mass is 16.5. The minimum absolute atomic E-state index is 0.501. The van der Waals surface area contributed by atoms with Gasteiger partial charge in [-0.2, -0.15) is 0 Å². The molecule has 0 saturated heterocycles. The number of benzene rings is 1. The molecule has 0 bridgehead atoms. The predicted molar refractivity (Wildman–Crippen MR) is 79.0 cm³/mol. The van der Waals surface area contributed by atoms with Crippen LogP contribution in [0.1, 0.15) is 6.42 Å². The molecule has 2 aromatic rings. The van der Waals surface area contributed by atoms with E-state index in [1.165, 1.54) is 0 Å². The van der Waals surface area contributed by atoms with E-state index in [9.17, 15) is 0 Å².